The molecule has 128 valence electrons. The molecule has 0 spiro atoms. The van der Waals surface area contributed by atoms with Gasteiger partial charge in [-0.15, -0.1) is 11.3 Å². The first kappa shape index (κ1) is 16.6. The highest BCUT2D eigenvalue weighted by molar-refractivity contribution is 7.07. The summed E-state index contributed by atoms with van der Waals surface area (Å²) in [5, 5.41) is 4.89. The molecule has 0 radical (unpaired) electrons. The number of rotatable bonds is 5. The van der Waals surface area contributed by atoms with Gasteiger partial charge in [-0.2, -0.15) is 0 Å². The van der Waals surface area contributed by atoms with E-state index in [-0.39, 0.29) is 12.1 Å². The lowest BCUT2D eigenvalue weighted by Gasteiger charge is -2.26. The third-order valence-electron chi connectivity index (χ3n) is 4.21. The maximum atomic E-state index is 12.6. The molecule has 0 bridgehead atoms. The van der Waals surface area contributed by atoms with Crippen molar-refractivity contribution in [3.05, 3.63) is 40.3 Å². The van der Waals surface area contributed by atoms with Crippen molar-refractivity contribution >= 4 is 17.4 Å². The fourth-order valence-electron chi connectivity index (χ4n) is 3.03. The van der Waals surface area contributed by atoms with Crippen LogP contribution in [-0.4, -0.2) is 36.7 Å². The minimum absolute atomic E-state index is 0.00881. The molecule has 1 aromatic heterocycles. The maximum absolute atomic E-state index is 12.6. The molecule has 24 heavy (non-hydrogen) atoms. The van der Waals surface area contributed by atoms with Gasteiger partial charge in [-0.3, -0.25) is 0 Å². The van der Waals surface area contributed by atoms with Gasteiger partial charge in [0.1, 0.15) is 11.5 Å². The predicted molar refractivity (Wildman–Crippen MR) is 92.6 cm³/mol. The van der Waals surface area contributed by atoms with E-state index in [1.807, 2.05) is 28.5 Å². The number of carbonyl (C=O) groups is 1. The Morgan fingerprint density at radius 1 is 1.42 bits per heavy atom. The highest BCUT2D eigenvalue weighted by Crippen LogP contribution is 2.38. The number of carbonyl (C=O) groups excluding carboxylic acids is 1. The Morgan fingerprint density at radius 3 is 3.00 bits per heavy atom. The van der Waals surface area contributed by atoms with E-state index in [0.717, 1.165) is 42.1 Å². The number of likely N-dealkylation sites (tertiary alicyclic amines) is 1. The predicted octanol–water partition coefficient (Wildman–Crippen LogP) is 3.21. The molecule has 1 unspecified atom stereocenters. The zero-order valence-electron chi connectivity index (χ0n) is 13.8. The molecule has 1 fully saturated rings. The number of urea groups is 1. The van der Waals surface area contributed by atoms with E-state index in [4.69, 9.17) is 9.47 Å². The molecule has 6 nitrogen and oxygen atoms in total. The third-order valence-corrected chi connectivity index (χ3v) is 4.85. The average molecular weight is 347 g/mol. The average Bonchev–Trinajstić information content (AvgIpc) is 3.30. The van der Waals surface area contributed by atoms with Gasteiger partial charge < -0.3 is 19.7 Å². The van der Waals surface area contributed by atoms with E-state index in [9.17, 15) is 4.79 Å². The number of hydrogen-bond donors (Lipinski definition) is 1. The lowest BCUT2D eigenvalue weighted by atomic mass is 10.0. The standard InChI is InChI=1S/C17H21N3O3S/c1-22-13-5-6-16(23-2)14(8-13)15-4-3-7-20(15)17(21)18-9-12-10-24-11-19-12/h5-6,8,10-11,15H,3-4,7,9H2,1-2H3,(H,18,21). The van der Waals surface area contributed by atoms with Gasteiger partial charge in [0.15, 0.2) is 0 Å². The number of methoxy groups -OCH3 is 2. The van der Waals surface area contributed by atoms with Crippen LogP contribution in [-0.2, 0) is 6.54 Å². The lowest BCUT2D eigenvalue weighted by molar-refractivity contribution is 0.191. The number of nitrogens with one attached hydrogen (secondary N) is 1. The van der Waals surface area contributed by atoms with E-state index < -0.39 is 0 Å². The highest BCUT2D eigenvalue weighted by Gasteiger charge is 2.32. The minimum Gasteiger partial charge on any atom is -0.497 e. The van der Waals surface area contributed by atoms with Crippen molar-refractivity contribution in [1.29, 1.82) is 0 Å². The SMILES string of the molecule is COc1ccc(OC)c(C2CCCN2C(=O)NCc2cscn2)c1. The van der Waals surface area contributed by atoms with Crippen LogP contribution in [0.1, 0.15) is 30.1 Å². The second-order valence-corrected chi connectivity index (χ2v) is 6.32. The van der Waals surface area contributed by atoms with Crippen molar-refractivity contribution < 1.29 is 14.3 Å². The van der Waals surface area contributed by atoms with Crippen LogP contribution in [0.2, 0.25) is 0 Å². The molecular formula is C17H21N3O3S. The number of amides is 2. The Kier molecular flexibility index (Phi) is 5.20. The normalized spacial score (nSPS) is 16.9. The van der Waals surface area contributed by atoms with Gasteiger partial charge in [-0.05, 0) is 31.0 Å². The Balaban J connectivity index is 1.76. The van der Waals surface area contributed by atoms with Crippen LogP contribution in [0.4, 0.5) is 4.79 Å². The molecule has 0 saturated carbocycles. The Labute approximate surface area is 145 Å². The number of nitrogens with zero attached hydrogens (tertiary/aromatic N) is 2. The second kappa shape index (κ2) is 7.53. The van der Waals surface area contributed by atoms with Crippen molar-refractivity contribution in [2.45, 2.75) is 25.4 Å². The molecule has 1 aliphatic heterocycles. The van der Waals surface area contributed by atoms with Crippen molar-refractivity contribution in [3.63, 3.8) is 0 Å². The Morgan fingerprint density at radius 2 is 2.29 bits per heavy atom. The summed E-state index contributed by atoms with van der Waals surface area (Å²) in [6.07, 6.45) is 1.88. The van der Waals surface area contributed by atoms with Gasteiger partial charge in [-0.1, -0.05) is 0 Å². The topological polar surface area (TPSA) is 63.7 Å². The summed E-state index contributed by atoms with van der Waals surface area (Å²) in [6, 6.07) is 5.62. The van der Waals surface area contributed by atoms with Crippen LogP contribution >= 0.6 is 11.3 Å². The van der Waals surface area contributed by atoms with Crippen LogP contribution in [0, 0.1) is 0 Å². The number of benzene rings is 1. The molecule has 2 heterocycles. The smallest absolute Gasteiger partial charge is 0.318 e. The van der Waals surface area contributed by atoms with E-state index in [1.54, 1.807) is 19.7 Å². The molecule has 1 aliphatic rings. The molecule has 2 aromatic rings. The summed E-state index contributed by atoms with van der Waals surface area (Å²) in [5.74, 6) is 1.54. The molecule has 2 amide bonds. The van der Waals surface area contributed by atoms with Gasteiger partial charge in [0.2, 0.25) is 0 Å². The summed E-state index contributed by atoms with van der Waals surface area (Å²) < 4.78 is 10.8. The van der Waals surface area contributed by atoms with Crippen molar-refractivity contribution in [3.8, 4) is 11.5 Å². The van der Waals surface area contributed by atoms with Crippen LogP contribution in [0.5, 0.6) is 11.5 Å². The van der Waals surface area contributed by atoms with E-state index in [0.29, 0.717) is 6.54 Å². The molecule has 3 rings (SSSR count). The summed E-state index contributed by atoms with van der Waals surface area (Å²) in [7, 11) is 3.28. The maximum Gasteiger partial charge on any atom is 0.318 e. The molecule has 7 heteroatoms. The third kappa shape index (κ3) is 3.46. The van der Waals surface area contributed by atoms with E-state index >= 15 is 0 Å². The fraction of sp³-hybridized carbons (Fsp3) is 0.412. The summed E-state index contributed by atoms with van der Waals surface area (Å²) in [4.78, 5) is 18.7. The van der Waals surface area contributed by atoms with Gasteiger partial charge in [0.25, 0.3) is 0 Å². The summed E-state index contributed by atoms with van der Waals surface area (Å²) >= 11 is 1.52. The lowest BCUT2D eigenvalue weighted by Crippen LogP contribution is -2.39. The molecular weight excluding hydrogens is 326 g/mol. The van der Waals surface area contributed by atoms with E-state index in [1.165, 1.54) is 11.3 Å². The fourth-order valence-corrected chi connectivity index (χ4v) is 3.58. The highest BCUT2D eigenvalue weighted by atomic mass is 32.1. The summed E-state index contributed by atoms with van der Waals surface area (Å²) in [6.45, 7) is 1.18. The van der Waals surface area contributed by atoms with Crippen LogP contribution in [0.25, 0.3) is 0 Å². The van der Waals surface area contributed by atoms with Gasteiger partial charge >= 0.3 is 6.03 Å². The largest absolute Gasteiger partial charge is 0.497 e. The molecule has 1 aromatic carbocycles. The van der Waals surface area contributed by atoms with Crippen molar-refractivity contribution in [2.75, 3.05) is 20.8 Å². The monoisotopic (exact) mass is 347 g/mol. The number of thiazole rings is 1. The zero-order valence-corrected chi connectivity index (χ0v) is 14.6. The Hall–Kier alpha value is -2.28. The Bertz CT molecular complexity index is 690. The van der Waals surface area contributed by atoms with Gasteiger partial charge in [0, 0.05) is 17.5 Å². The van der Waals surface area contributed by atoms with Crippen molar-refractivity contribution in [1.82, 2.24) is 15.2 Å². The van der Waals surface area contributed by atoms with Gasteiger partial charge in [-0.25, -0.2) is 9.78 Å². The van der Waals surface area contributed by atoms with Crippen molar-refractivity contribution in [2.24, 2.45) is 0 Å². The quantitative estimate of drug-likeness (QED) is 0.902. The van der Waals surface area contributed by atoms with Crippen LogP contribution in [0.3, 0.4) is 0 Å². The van der Waals surface area contributed by atoms with Crippen LogP contribution in [0.15, 0.2) is 29.1 Å². The minimum atomic E-state index is -0.0737. The first-order valence-electron chi connectivity index (χ1n) is 7.86. The second-order valence-electron chi connectivity index (χ2n) is 5.60. The zero-order chi connectivity index (χ0) is 16.9. The van der Waals surface area contributed by atoms with Gasteiger partial charge in [0.05, 0.1) is 38.0 Å². The molecule has 0 aliphatic carbocycles. The first-order chi connectivity index (χ1) is 11.7. The number of hydrogen-bond acceptors (Lipinski definition) is 5. The molecule has 1 N–H and O–H groups in total. The number of aromatic nitrogens is 1. The van der Waals surface area contributed by atoms with E-state index in [2.05, 4.69) is 10.3 Å². The molecule has 1 atom stereocenters. The van der Waals surface area contributed by atoms with Crippen LogP contribution < -0.4 is 14.8 Å². The first-order valence-corrected chi connectivity index (χ1v) is 8.80. The number of ether oxygens (including phenoxy) is 2. The summed E-state index contributed by atoms with van der Waals surface area (Å²) in [5.41, 5.74) is 3.63. The molecule has 1 saturated heterocycles.